The largest absolute Gasteiger partial charge is 0.379 e. The number of aromatic nitrogens is 2. The second-order valence-corrected chi connectivity index (χ2v) is 5.12. The van der Waals surface area contributed by atoms with Crippen molar-refractivity contribution in [3.63, 3.8) is 0 Å². The van der Waals surface area contributed by atoms with E-state index in [1.165, 1.54) is 13.0 Å². The number of hydrogen-bond donors (Lipinski definition) is 2. The zero-order valence-electron chi connectivity index (χ0n) is 12.4. The third kappa shape index (κ3) is 3.81. The highest BCUT2D eigenvalue weighted by atomic mass is 19.1. The second-order valence-electron chi connectivity index (χ2n) is 5.12. The summed E-state index contributed by atoms with van der Waals surface area (Å²) in [5.41, 5.74) is 1.94. The first-order chi connectivity index (χ1) is 9.97. The van der Waals surface area contributed by atoms with E-state index in [1.807, 2.05) is 0 Å². The molecule has 0 atom stereocenters. The number of nitrogens with one attached hydrogen (secondary N) is 2. The average Bonchev–Trinajstić information content (AvgIpc) is 2.87. The molecule has 1 heterocycles. The lowest BCUT2D eigenvalue weighted by Gasteiger charge is -2.13. The first kappa shape index (κ1) is 15.0. The van der Waals surface area contributed by atoms with E-state index in [9.17, 15) is 9.18 Å². The van der Waals surface area contributed by atoms with Crippen LogP contribution in [0.5, 0.6) is 0 Å². The Bertz CT molecular complexity index is 636. The van der Waals surface area contributed by atoms with Crippen LogP contribution >= 0.6 is 0 Å². The minimum atomic E-state index is -0.456. The molecule has 1 amide bonds. The molecular formula is C15H19FN4O. The first-order valence-electron chi connectivity index (χ1n) is 6.79. The Balaban J connectivity index is 2.09. The van der Waals surface area contributed by atoms with Crippen molar-refractivity contribution in [2.75, 3.05) is 10.6 Å². The van der Waals surface area contributed by atoms with Gasteiger partial charge in [-0.1, -0.05) is 0 Å². The number of benzene rings is 1. The molecule has 2 aromatic rings. The van der Waals surface area contributed by atoms with Crippen LogP contribution in [0.1, 0.15) is 32.5 Å². The van der Waals surface area contributed by atoms with E-state index in [0.717, 1.165) is 11.4 Å². The maximum Gasteiger partial charge on any atom is 0.221 e. The number of rotatable bonds is 5. The van der Waals surface area contributed by atoms with Crippen molar-refractivity contribution >= 4 is 17.3 Å². The van der Waals surface area contributed by atoms with Crippen LogP contribution in [-0.4, -0.2) is 15.5 Å². The van der Waals surface area contributed by atoms with Gasteiger partial charge in [-0.3, -0.25) is 4.79 Å². The van der Waals surface area contributed by atoms with Gasteiger partial charge in [0.15, 0.2) is 0 Å². The maximum atomic E-state index is 13.6. The quantitative estimate of drug-likeness (QED) is 0.889. The Morgan fingerprint density at radius 3 is 2.86 bits per heavy atom. The molecule has 0 aliphatic rings. The minimum Gasteiger partial charge on any atom is -0.379 e. The molecule has 21 heavy (non-hydrogen) atoms. The van der Waals surface area contributed by atoms with E-state index in [0.29, 0.717) is 12.6 Å². The smallest absolute Gasteiger partial charge is 0.221 e. The molecule has 2 rings (SSSR count). The van der Waals surface area contributed by atoms with Crippen LogP contribution in [0.4, 0.5) is 15.8 Å². The number of amides is 1. The van der Waals surface area contributed by atoms with E-state index >= 15 is 0 Å². The Hall–Kier alpha value is -2.37. The normalized spacial score (nSPS) is 10.7. The Kier molecular flexibility index (Phi) is 4.57. The molecule has 0 unspecified atom stereocenters. The van der Waals surface area contributed by atoms with Crippen molar-refractivity contribution < 1.29 is 9.18 Å². The van der Waals surface area contributed by atoms with Gasteiger partial charge in [-0.15, -0.1) is 0 Å². The van der Waals surface area contributed by atoms with Gasteiger partial charge in [0.1, 0.15) is 5.82 Å². The minimum absolute atomic E-state index is 0.171. The topological polar surface area (TPSA) is 59.0 Å². The molecule has 1 aromatic carbocycles. The Morgan fingerprint density at radius 1 is 1.43 bits per heavy atom. The van der Waals surface area contributed by atoms with Crippen LogP contribution in [0.25, 0.3) is 0 Å². The van der Waals surface area contributed by atoms with Crippen molar-refractivity contribution in [3.05, 3.63) is 42.2 Å². The highest BCUT2D eigenvalue weighted by Gasteiger charge is 2.07. The highest BCUT2D eigenvalue weighted by molar-refractivity contribution is 5.89. The van der Waals surface area contributed by atoms with E-state index in [4.69, 9.17) is 0 Å². The predicted octanol–water partition coefficient (Wildman–Crippen LogP) is 3.17. The van der Waals surface area contributed by atoms with Crippen LogP contribution in [0.15, 0.2) is 30.7 Å². The lowest BCUT2D eigenvalue weighted by atomic mass is 10.2. The molecule has 0 saturated heterocycles. The zero-order valence-corrected chi connectivity index (χ0v) is 12.4. The van der Waals surface area contributed by atoms with Crippen LogP contribution in [0.2, 0.25) is 0 Å². The number of hydrogen-bond acceptors (Lipinski definition) is 3. The molecular weight excluding hydrogens is 271 g/mol. The van der Waals surface area contributed by atoms with Crippen LogP contribution < -0.4 is 10.6 Å². The van der Waals surface area contributed by atoms with Gasteiger partial charge in [-0.2, -0.15) is 0 Å². The average molecular weight is 290 g/mol. The zero-order chi connectivity index (χ0) is 15.4. The van der Waals surface area contributed by atoms with Gasteiger partial charge < -0.3 is 15.2 Å². The van der Waals surface area contributed by atoms with E-state index in [1.54, 1.807) is 24.7 Å². The number of carbonyl (C=O) groups is 1. The molecule has 0 spiro atoms. The van der Waals surface area contributed by atoms with Crippen molar-refractivity contribution in [2.45, 2.75) is 33.4 Å². The lowest BCUT2D eigenvalue weighted by molar-refractivity contribution is -0.114. The molecule has 0 radical (unpaired) electrons. The second kappa shape index (κ2) is 6.39. The third-order valence-electron chi connectivity index (χ3n) is 3.05. The molecule has 6 heteroatoms. The molecule has 2 N–H and O–H groups in total. The van der Waals surface area contributed by atoms with Gasteiger partial charge in [0.2, 0.25) is 5.91 Å². The molecule has 1 aromatic heterocycles. The summed E-state index contributed by atoms with van der Waals surface area (Å²) in [7, 11) is 0. The summed E-state index contributed by atoms with van der Waals surface area (Å²) >= 11 is 0. The fraction of sp³-hybridized carbons (Fsp3) is 0.333. The van der Waals surface area contributed by atoms with E-state index in [2.05, 4.69) is 34.0 Å². The predicted molar refractivity (Wildman–Crippen MR) is 80.6 cm³/mol. The molecule has 0 saturated carbocycles. The Labute approximate surface area is 123 Å². The van der Waals surface area contributed by atoms with Gasteiger partial charge in [0.25, 0.3) is 0 Å². The van der Waals surface area contributed by atoms with Gasteiger partial charge in [0.05, 0.1) is 24.3 Å². The molecule has 0 aliphatic heterocycles. The van der Waals surface area contributed by atoms with Crippen molar-refractivity contribution in [1.29, 1.82) is 0 Å². The fourth-order valence-electron chi connectivity index (χ4n) is 2.05. The molecule has 5 nitrogen and oxygen atoms in total. The monoisotopic (exact) mass is 290 g/mol. The summed E-state index contributed by atoms with van der Waals surface area (Å²) in [6.07, 6.45) is 3.58. The molecule has 0 bridgehead atoms. The summed E-state index contributed by atoms with van der Waals surface area (Å²) in [5.74, 6) is -0.757. The number of anilines is 2. The summed E-state index contributed by atoms with van der Waals surface area (Å²) in [5, 5.41) is 5.67. The van der Waals surface area contributed by atoms with Crippen LogP contribution in [-0.2, 0) is 11.3 Å². The van der Waals surface area contributed by atoms with E-state index in [-0.39, 0.29) is 11.6 Å². The Morgan fingerprint density at radius 2 is 2.19 bits per heavy atom. The van der Waals surface area contributed by atoms with Crippen LogP contribution in [0.3, 0.4) is 0 Å². The van der Waals surface area contributed by atoms with Crippen LogP contribution in [0, 0.1) is 5.82 Å². The van der Waals surface area contributed by atoms with Gasteiger partial charge in [-0.25, -0.2) is 9.37 Å². The van der Waals surface area contributed by atoms with E-state index < -0.39 is 5.82 Å². The summed E-state index contributed by atoms with van der Waals surface area (Å²) < 4.78 is 15.6. The number of carbonyl (C=O) groups excluding carboxylic acids is 1. The standard InChI is InChI=1S/C15H19FN4O/c1-10(2)20-9-17-7-13(20)8-18-12-4-5-14(16)15(6-12)19-11(3)21/h4-7,9-10,18H,8H2,1-3H3,(H,19,21). The molecule has 0 fully saturated rings. The van der Waals surface area contributed by atoms with Gasteiger partial charge in [0, 0.05) is 24.8 Å². The SMILES string of the molecule is CC(=O)Nc1cc(NCc2cncn2C(C)C)ccc1F. The number of imidazole rings is 1. The van der Waals surface area contributed by atoms with Gasteiger partial charge >= 0.3 is 0 Å². The summed E-state index contributed by atoms with van der Waals surface area (Å²) in [6, 6.07) is 4.86. The van der Waals surface area contributed by atoms with Crippen molar-refractivity contribution in [2.24, 2.45) is 0 Å². The molecule has 112 valence electrons. The van der Waals surface area contributed by atoms with Crippen molar-refractivity contribution in [3.8, 4) is 0 Å². The maximum absolute atomic E-state index is 13.6. The number of nitrogens with zero attached hydrogens (tertiary/aromatic N) is 2. The summed E-state index contributed by atoms with van der Waals surface area (Å²) in [6.45, 7) is 6.08. The highest BCUT2D eigenvalue weighted by Crippen LogP contribution is 2.20. The molecule has 0 aliphatic carbocycles. The number of halogens is 1. The first-order valence-corrected chi connectivity index (χ1v) is 6.79. The van der Waals surface area contributed by atoms with Gasteiger partial charge in [-0.05, 0) is 32.0 Å². The summed E-state index contributed by atoms with van der Waals surface area (Å²) in [4.78, 5) is 15.2. The lowest BCUT2D eigenvalue weighted by Crippen LogP contribution is -2.10. The van der Waals surface area contributed by atoms with Crippen molar-refractivity contribution in [1.82, 2.24) is 9.55 Å². The third-order valence-corrected chi connectivity index (χ3v) is 3.05. The fourth-order valence-corrected chi connectivity index (χ4v) is 2.05.